The minimum Gasteiger partial charge on any atom is -0.399 e. The molecule has 1 unspecified atom stereocenters. The average Bonchev–Trinajstić information content (AvgIpc) is 2.26. The van der Waals surface area contributed by atoms with Crippen LogP contribution in [-0.2, 0) is 9.59 Å². The smallest absolute Gasteiger partial charge is 0.249 e. The number of nitrogens with one attached hydrogen (secondary N) is 1. The molecule has 0 radical (unpaired) electrons. The van der Waals surface area contributed by atoms with Gasteiger partial charge in [-0.15, -0.1) is 0 Å². The molecule has 3 N–H and O–H groups in total. The standard InChI is InChI=1S/C13H17N3O2/c1-3-11-13(18)15-12(17)7-16(11)10-5-8(2)4-9(14)6-10/h4-6,11H,3,7,14H2,1-2H3,(H,15,17,18). The highest BCUT2D eigenvalue weighted by Gasteiger charge is 2.32. The Morgan fingerprint density at radius 2 is 2.11 bits per heavy atom. The zero-order valence-corrected chi connectivity index (χ0v) is 10.6. The molecule has 1 heterocycles. The maximum Gasteiger partial charge on any atom is 0.249 e. The number of nitrogen functional groups attached to an aromatic ring is 1. The molecule has 96 valence electrons. The van der Waals surface area contributed by atoms with Crippen LogP contribution in [0, 0.1) is 6.92 Å². The van der Waals surface area contributed by atoms with Crippen molar-refractivity contribution < 1.29 is 9.59 Å². The van der Waals surface area contributed by atoms with Crippen LogP contribution in [0.1, 0.15) is 18.9 Å². The number of amides is 2. The number of benzene rings is 1. The molecule has 1 atom stereocenters. The van der Waals surface area contributed by atoms with Crippen LogP contribution < -0.4 is 16.0 Å². The van der Waals surface area contributed by atoms with Crippen molar-refractivity contribution in [1.82, 2.24) is 5.32 Å². The van der Waals surface area contributed by atoms with Crippen molar-refractivity contribution in [2.75, 3.05) is 17.2 Å². The van der Waals surface area contributed by atoms with Gasteiger partial charge in [0.15, 0.2) is 0 Å². The van der Waals surface area contributed by atoms with Gasteiger partial charge in [-0.05, 0) is 37.1 Å². The molecule has 5 heteroatoms. The molecule has 1 saturated heterocycles. The largest absolute Gasteiger partial charge is 0.399 e. The maximum absolute atomic E-state index is 11.8. The predicted octanol–water partition coefficient (Wildman–Crippen LogP) is 0.819. The van der Waals surface area contributed by atoms with Crippen LogP contribution in [0.2, 0.25) is 0 Å². The summed E-state index contributed by atoms with van der Waals surface area (Å²) in [6, 6.07) is 5.27. The van der Waals surface area contributed by atoms with Crippen LogP contribution in [0.3, 0.4) is 0 Å². The summed E-state index contributed by atoms with van der Waals surface area (Å²) in [5.74, 6) is -0.515. The van der Waals surface area contributed by atoms with Gasteiger partial charge < -0.3 is 10.6 Å². The third kappa shape index (κ3) is 2.30. The summed E-state index contributed by atoms with van der Waals surface area (Å²) in [5.41, 5.74) is 8.28. The fourth-order valence-corrected chi connectivity index (χ4v) is 2.30. The van der Waals surface area contributed by atoms with Crippen molar-refractivity contribution in [2.24, 2.45) is 0 Å². The summed E-state index contributed by atoms with van der Waals surface area (Å²) in [6.45, 7) is 4.05. The van der Waals surface area contributed by atoms with Gasteiger partial charge in [0.2, 0.25) is 11.8 Å². The van der Waals surface area contributed by atoms with Crippen molar-refractivity contribution in [3.63, 3.8) is 0 Å². The molecular formula is C13H17N3O2. The number of rotatable bonds is 2. The Hall–Kier alpha value is -2.04. The zero-order valence-electron chi connectivity index (χ0n) is 10.6. The fourth-order valence-electron chi connectivity index (χ4n) is 2.30. The number of carbonyl (C=O) groups is 2. The van der Waals surface area contributed by atoms with E-state index in [9.17, 15) is 9.59 Å². The SMILES string of the molecule is CCC1C(=O)NC(=O)CN1c1cc(C)cc(N)c1. The van der Waals surface area contributed by atoms with E-state index in [4.69, 9.17) is 5.73 Å². The van der Waals surface area contributed by atoms with Crippen LogP contribution >= 0.6 is 0 Å². The third-order valence-electron chi connectivity index (χ3n) is 3.06. The lowest BCUT2D eigenvalue weighted by Gasteiger charge is -2.35. The zero-order chi connectivity index (χ0) is 13.3. The minimum atomic E-state index is -0.316. The molecule has 0 bridgehead atoms. The van der Waals surface area contributed by atoms with E-state index in [0.29, 0.717) is 12.1 Å². The second-order valence-electron chi connectivity index (χ2n) is 4.57. The van der Waals surface area contributed by atoms with Crippen molar-refractivity contribution in [3.8, 4) is 0 Å². The van der Waals surface area contributed by atoms with Gasteiger partial charge in [-0.1, -0.05) is 6.92 Å². The van der Waals surface area contributed by atoms with Gasteiger partial charge in [0, 0.05) is 11.4 Å². The van der Waals surface area contributed by atoms with Gasteiger partial charge in [-0.2, -0.15) is 0 Å². The lowest BCUT2D eigenvalue weighted by Crippen LogP contribution is -2.58. The second-order valence-corrected chi connectivity index (χ2v) is 4.57. The molecule has 1 aromatic rings. The highest BCUT2D eigenvalue weighted by molar-refractivity contribution is 6.04. The predicted molar refractivity (Wildman–Crippen MR) is 70.2 cm³/mol. The first-order valence-electron chi connectivity index (χ1n) is 5.98. The first kappa shape index (κ1) is 12.4. The molecule has 1 aromatic carbocycles. The number of carbonyl (C=O) groups excluding carboxylic acids is 2. The summed E-state index contributed by atoms with van der Waals surface area (Å²) < 4.78 is 0. The highest BCUT2D eigenvalue weighted by atomic mass is 16.2. The van der Waals surface area contributed by atoms with Crippen molar-refractivity contribution in [1.29, 1.82) is 0 Å². The van der Waals surface area contributed by atoms with E-state index in [-0.39, 0.29) is 24.4 Å². The Morgan fingerprint density at radius 1 is 1.39 bits per heavy atom. The van der Waals surface area contributed by atoms with Gasteiger partial charge in [-0.3, -0.25) is 14.9 Å². The Morgan fingerprint density at radius 3 is 2.72 bits per heavy atom. The van der Waals surface area contributed by atoms with Crippen LogP contribution in [0.5, 0.6) is 0 Å². The van der Waals surface area contributed by atoms with Crippen molar-refractivity contribution >= 4 is 23.2 Å². The number of anilines is 2. The molecule has 2 amide bonds. The quantitative estimate of drug-likeness (QED) is 0.599. The van der Waals surface area contributed by atoms with E-state index in [1.807, 2.05) is 30.9 Å². The Labute approximate surface area is 106 Å². The van der Waals surface area contributed by atoms with E-state index in [0.717, 1.165) is 11.3 Å². The molecule has 5 nitrogen and oxygen atoms in total. The molecular weight excluding hydrogens is 230 g/mol. The highest BCUT2D eigenvalue weighted by Crippen LogP contribution is 2.24. The lowest BCUT2D eigenvalue weighted by molar-refractivity contribution is -0.132. The lowest BCUT2D eigenvalue weighted by atomic mass is 10.1. The van der Waals surface area contributed by atoms with E-state index in [1.165, 1.54) is 0 Å². The molecule has 0 spiro atoms. The summed E-state index contributed by atoms with van der Waals surface area (Å²) >= 11 is 0. The normalized spacial score (nSPS) is 19.9. The summed E-state index contributed by atoms with van der Waals surface area (Å²) in [7, 11) is 0. The van der Waals surface area contributed by atoms with E-state index < -0.39 is 0 Å². The molecule has 0 saturated carbocycles. The Balaban J connectivity index is 2.39. The Bertz CT molecular complexity index is 479. The third-order valence-corrected chi connectivity index (χ3v) is 3.06. The summed E-state index contributed by atoms with van der Waals surface area (Å²) in [5, 5.41) is 2.36. The minimum absolute atomic E-state index is 0.188. The van der Waals surface area contributed by atoms with Crippen LogP contribution in [0.25, 0.3) is 0 Å². The average molecular weight is 247 g/mol. The van der Waals surface area contributed by atoms with E-state index in [2.05, 4.69) is 5.32 Å². The van der Waals surface area contributed by atoms with Crippen molar-refractivity contribution in [3.05, 3.63) is 23.8 Å². The topological polar surface area (TPSA) is 75.4 Å². The van der Waals surface area contributed by atoms with E-state index >= 15 is 0 Å². The van der Waals surface area contributed by atoms with Gasteiger partial charge in [0.05, 0.1) is 6.54 Å². The molecule has 1 fully saturated rings. The molecule has 1 aliphatic rings. The van der Waals surface area contributed by atoms with Gasteiger partial charge in [0.1, 0.15) is 6.04 Å². The first-order valence-corrected chi connectivity index (χ1v) is 5.98. The van der Waals surface area contributed by atoms with Crippen LogP contribution in [0.15, 0.2) is 18.2 Å². The second kappa shape index (κ2) is 4.68. The van der Waals surface area contributed by atoms with Crippen molar-refractivity contribution in [2.45, 2.75) is 26.3 Å². The summed E-state index contributed by atoms with van der Waals surface area (Å²) in [4.78, 5) is 25.1. The monoisotopic (exact) mass is 247 g/mol. The number of nitrogens with zero attached hydrogens (tertiary/aromatic N) is 1. The molecule has 2 rings (SSSR count). The van der Waals surface area contributed by atoms with Gasteiger partial charge in [-0.25, -0.2) is 0 Å². The van der Waals surface area contributed by atoms with Gasteiger partial charge >= 0.3 is 0 Å². The number of aryl methyl sites for hydroxylation is 1. The number of nitrogens with two attached hydrogens (primary N) is 1. The van der Waals surface area contributed by atoms with Gasteiger partial charge in [0.25, 0.3) is 0 Å². The number of hydrogen-bond acceptors (Lipinski definition) is 4. The first-order chi connectivity index (χ1) is 8.51. The molecule has 0 aliphatic carbocycles. The molecule has 18 heavy (non-hydrogen) atoms. The molecule has 1 aliphatic heterocycles. The van der Waals surface area contributed by atoms with Crippen LogP contribution in [0.4, 0.5) is 11.4 Å². The van der Waals surface area contributed by atoms with Crippen LogP contribution in [-0.4, -0.2) is 24.4 Å². The number of piperazine rings is 1. The Kier molecular flexibility index (Phi) is 3.23. The molecule has 0 aromatic heterocycles. The van der Waals surface area contributed by atoms with E-state index in [1.54, 1.807) is 6.07 Å². The fraction of sp³-hybridized carbons (Fsp3) is 0.385. The maximum atomic E-state index is 11.8. The number of hydrogen-bond donors (Lipinski definition) is 2. The number of imide groups is 1. The summed E-state index contributed by atoms with van der Waals surface area (Å²) in [6.07, 6.45) is 0.646.